The summed E-state index contributed by atoms with van der Waals surface area (Å²) in [5.41, 5.74) is 3.38. The topological polar surface area (TPSA) is 70.5 Å². The predicted molar refractivity (Wildman–Crippen MR) is 153 cm³/mol. The van der Waals surface area contributed by atoms with Gasteiger partial charge in [0.05, 0.1) is 18.9 Å². The summed E-state index contributed by atoms with van der Waals surface area (Å²) in [7, 11) is 0. The van der Waals surface area contributed by atoms with Crippen molar-refractivity contribution in [2.75, 3.05) is 13.2 Å². The fourth-order valence-electron chi connectivity index (χ4n) is 4.22. The lowest BCUT2D eigenvalue weighted by molar-refractivity contribution is -0.143. The molecule has 0 aliphatic rings. The first-order chi connectivity index (χ1) is 19.6. The van der Waals surface area contributed by atoms with E-state index in [1.165, 1.54) is 12.1 Å². The van der Waals surface area contributed by atoms with Crippen LogP contribution in [0.5, 0.6) is 11.6 Å². The number of benzene rings is 4. The molecule has 5 aromatic rings. The molecule has 1 aromatic heterocycles. The van der Waals surface area contributed by atoms with Gasteiger partial charge in [-0.1, -0.05) is 60.7 Å². The number of fused-ring (bicyclic) bond motifs is 1. The number of hydrogen-bond donors (Lipinski definition) is 0. The van der Waals surface area contributed by atoms with Crippen molar-refractivity contribution in [1.29, 1.82) is 0 Å². The molecular formula is C33H29FN2O4. The van der Waals surface area contributed by atoms with Crippen molar-refractivity contribution in [2.24, 2.45) is 0 Å². The predicted octanol–water partition coefficient (Wildman–Crippen LogP) is 7.40. The number of aromatic nitrogens is 2. The van der Waals surface area contributed by atoms with Gasteiger partial charge < -0.3 is 14.2 Å². The molecule has 6 nitrogen and oxygen atoms in total. The number of ether oxygens (including phenoxy) is 3. The lowest BCUT2D eigenvalue weighted by atomic mass is 10.1. The van der Waals surface area contributed by atoms with Gasteiger partial charge in [-0.2, -0.15) is 4.98 Å². The van der Waals surface area contributed by atoms with Crippen LogP contribution in [0, 0.1) is 5.82 Å². The minimum absolute atomic E-state index is 0.209. The monoisotopic (exact) mass is 536 g/mol. The van der Waals surface area contributed by atoms with Crippen molar-refractivity contribution in [3.63, 3.8) is 0 Å². The van der Waals surface area contributed by atoms with Gasteiger partial charge in [-0.15, -0.1) is 0 Å². The van der Waals surface area contributed by atoms with Gasteiger partial charge in [0, 0.05) is 23.6 Å². The van der Waals surface area contributed by atoms with Crippen molar-refractivity contribution >= 4 is 16.7 Å². The molecule has 0 saturated heterocycles. The summed E-state index contributed by atoms with van der Waals surface area (Å²) < 4.78 is 30.1. The van der Waals surface area contributed by atoms with Crippen LogP contribution in [0.3, 0.4) is 0 Å². The van der Waals surface area contributed by atoms with Gasteiger partial charge in [-0.25, -0.2) is 9.37 Å². The van der Waals surface area contributed by atoms with Crippen molar-refractivity contribution in [3.8, 4) is 34.3 Å². The Hall–Kier alpha value is -4.78. The van der Waals surface area contributed by atoms with Gasteiger partial charge in [0.25, 0.3) is 0 Å². The molecule has 0 radical (unpaired) electrons. The third-order valence-corrected chi connectivity index (χ3v) is 6.24. The smallest absolute Gasteiger partial charge is 0.305 e. The fraction of sp³-hybridized carbons (Fsp3) is 0.182. The summed E-state index contributed by atoms with van der Waals surface area (Å²) >= 11 is 0. The van der Waals surface area contributed by atoms with Crippen LogP contribution in [0.4, 0.5) is 4.39 Å². The maximum atomic E-state index is 13.3. The second kappa shape index (κ2) is 12.8. The average Bonchev–Trinajstić information content (AvgIpc) is 2.99. The Morgan fingerprint density at radius 2 is 1.57 bits per heavy atom. The third-order valence-electron chi connectivity index (χ3n) is 6.24. The van der Waals surface area contributed by atoms with Crippen LogP contribution in [-0.2, 0) is 16.1 Å². The highest BCUT2D eigenvalue weighted by atomic mass is 19.1. The number of carbonyl (C=O) groups is 1. The largest absolute Gasteiger partial charge is 0.494 e. The molecule has 40 heavy (non-hydrogen) atoms. The summed E-state index contributed by atoms with van der Waals surface area (Å²) in [4.78, 5) is 21.0. The molecule has 0 spiro atoms. The molecule has 0 aliphatic heterocycles. The van der Waals surface area contributed by atoms with E-state index in [4.69, 9.17) is 24.2 Å². The van der Waals surface area contributed by atoms with Crippen LogP contribution in [0.15, 0.2) is 97.1 Å². The highest BCUT2D eigenvalue weighted by Gasteiger charge is 2.11. The lowest BCUT2D eigenvalue weighted by Crippen LogP contribution is -2.06. The van der Waals surface area contributed by atoms with Gasteiger partial charge >= 0.3 is 5.97 Å². The van der Waals surface area contributed by atoms with Crippen molar-refractivity contribution in [3.05, 3.63) is 108 Å². The second-order valence-electron chi connectivity index (χ2n) is 9.18. The Morgan fingerprint density at radius 1 is 0.800 bits per heavy atom. The molecule has 0 atom stereocenters. The first-order valence-electron chi connectivity index (χ1n) is 13.2. The van der Waals surface area contributed by atoms with Crippen molar-refractivity contribution in [2.45, 2.75) is 26.4 Å². The van der Waals surface area contributed by atoms with E-state index in [1.54, 1.807) is 19.1 Å². The lowest BCUT2D eigenvalue weighted by Gasteiger charge is -2.11. The maximum absolute atomic E-state index is 13.3. The zero-order valence-electron chi connectivity index (χ0n) is 22.2. The molecule has 0 bridgehead atoms. The highest BCUT2D eigenvalue weighted by molar-refractivity contribution is 5.87. The Bertz CT molecular complexity index is 1590. The van der Waals surface area contributed by atoms with Crippen molar-refractivity contribution in [1.82, 2.24) is 9.97 Å². The van der Waals surface area contributed by atoms with Crippen LogP contribution in [0.1, 0.15) is 25.3 Å². The van der Waals surface area contributed by atoms with Gasteiger partial charge in [0.1, 0.15) is 18.2 Å². The van der Waals surface area contributed by atoms with Gasteiger partial charge in [0.2, 0.25) is 5.88 Å². The zero-order valence-corrected chi connectivity index (χ0v) is 22.2. The van der Waals surface area contributed by atoms with E-state index < -0.39 is 0 Å². The Morgan fingerprint density at radius 3 is 2.38 bits per heavy atom. The molecule has 0 amide bonds. The van der Waals surface area contributed by atoms with E-state index in [9.17, 15) is 9.18 Å². The number of rotatable bonds is 11. The SMILES string of the molecule is CCOC(=O)CCCOc1ccc2cc(-c3nc(OCc4ccc(F)cc4)cc(-c4ccccc4)n3)ccc2c1. The Kier molecular flexibility index (Phi) is 8.61. The molecule has 4 aromatic carbocycles. The molecule has 0 fully saturated rings. The van der Waals surface area contributed by atoms with Gasteiger partial charge in [0.15, 0.2) is 5.82 Å². The van der Waals surface area contributed by atoms with Gasteiger partial charge in [-0.05, 0) is 60.0 Å². The molecule has 0 aliphatic carbocycles. The molecule has 1 heterocycles. The van der Waals surface area contributed by atoms with Gasteiger partial charge in [-0.3, -0.25) is 4.79 Å². The maximum Gasteiger partial charge on any atom is 0.305 e. The van der Waals surface area contributed by atoms with Crippen LogP contribution in [-0.4, -0.2) is 29.2 Å². The van der Waals surface area contributed by atoms with E-state index in [-0.39, 0.29) is 18.4 Å². The number of hydrogen-bond acceptors (Lipinski definition) is 6. The Balaban J connectivity index is 1.36. The first-order valence-corrected chi connectivity index (χ1v) is 13.2. The molecular weight excluding hydrogens is 507 g/mol. The molecule has 5 rings (SSSR count). The van der Waals surface area contributed by atoms with E-state index in [1.807, 2.05) is 72.8 Å². The van der Waals surface area contributed by atoms with Crippen LogP contribution >= 0.6 is 0 Å². The summed E-state index contributed by atoms with van der Waals surface area (Å²) in [6.07, 6.45) is 0.929. The number of halogens is 1. The van der Waals surface area contributed by atoms with E-state index in [2.05, 4.69) is 0 Å². The molecule has 0 N–H and O–H groups in total. The molecule has 0 unspecified atom stereocenters. The third kappa shape index (κ3) is 6.99. The zero-order chi connectivity index (χ0) is 27.7. The number of esters is 1. The standard InChI is InChI=1S/C33H29FN2O4/c1-2-38-32(37)9-6-18-39-29-17-14-25-19-27(13-12-26(25)20-29)33-35-30(24-7-4-3-5-8-24)21-31(36-33)40-22-23-10-15-28(34)16-11-23/h3-5,7-8,10-17,19-21H,2,6,9,18,22H2,1H3. The highest BCUT2D eigenvalue weighted by Crippen LogP contribution is 2.29. The number of carbonyl (C=O) groups excluding carboxylic acids is 1. The van der Waals surface area contributed by atoms with Crippen LogP contribution < -0.4 is 9.47 Å². The van der Waals surface area contributed by atoms with E-state index in [0.29, 0.717) is 37.8 Å². The molecule has 7 heteroatoms. The van der Waals surface area contributed by atoms with Crippen molar-refractivity contribution < 1.29 is 23.4 Å². The van der Waals surface area contributed by atoms with E-state index >= 15 is 0 Å². The summed E-state index contributed by atoms with van der Waals surface area (Å²) in [6.45, 7) is 2.87. The summed E-state index contributed by atoms with van der Waals surface area (Å²) in [5.74, 6) is 1.21. The summed E-state index contributed by atoms with van der Waals surface area (Å²) in [6, 6.07) is 29.8. The second-order valence-corrected chi connectivity index (χ2v) is 9.18. The first kappa shape index (κ1) is 26.8. The van der Waals surface area contributed by atoms with Crippen LogP contribution in [0.25, 0.3) is 33.4 Å². The van der Waals surface area contributed by atoms with Crippen LogP contribution in [0.2, 0.25) is 0 Å². The summed E-state index contributed by atoms with van der Waals surface area (Å²) in [5, 5.41) is 2.03. The Labute approximate surface area is 232 Å². The average molecular weight is 537 g/mol. The fourth-order valence-corrected chi connectivity index (χ4v) is 4.22. The number of nitrogens with zero attached hydrogens (tertiary/aromatic N) is 2. The normalized spacial score (nSPS) is 10.8. The minimum Gasteiger partial charge on any atom is -0.494 e. The quantitative estimate of drug-likeness (QED) is 0.129. The van der Waals surface area contributed by atoms with E-state index in [0.717, 1.165) is 38.9 Å². The minimum atomic E-state index is -0.288. The molecule has 0 saturated carbocycles. The molecule has 202 valence electrons.